The lowest BCUT2D eigenvalue weighted by Gasteiger charge is -2.39. The Labute approximate surface area is 226 Å². The highest BCUT2D eigenvalue weighted by molar-refractivity contribution is 5.90. The number of para-hydroxylation sites is 2. The van der Waals surface area contributed by atoms with Crippen LogP contribution >= 0.6 is 0 Å². The molecule has 0 saturated heterocycles. The summed E-state index contributed by atoms with van der Waals surface area (Å²) in [4.78, 5) is 0. The summed E-state index contributed by atoms with van der Waals surface area (Å²) in [6, 6.07) is 38.6. The third kappa shape index (κ3) is 2.97. The highest BCUT2D eigenvalue weighted by Gasteiger charge is 2.51. The first kappa shape index (κ1) is 22.0. The molecule has 0 bridgehead atoms. The first-order chi connectivity index (χ1) is 19.3. The summed E-state index contributed by atoms with van der Waals surface area (Å²) in [5.41, 5.74) is 9.68. The van der Waals surface area contributed by atoms with Crippen LogP contribution in [0.15, 0.2) is 125 Å². The summed E-state index contributed by atoms with van der Waals surface area (Å²) in [5.74, 6) is 3.29. The molecule has 2 aliphatic carbocycles. The molecule has 8 rings (SSSR count). The Balaban J connectivity index is 1.37. The Hall–Kier alpha value is -5.07. The fourth-order valence-corrected chi connectivity index (χ4v) is 6.66. The summed E-state index contributed by atoms with van der Waals surface area (Å²) in [6.45, 7) is 0. The van der Waals surface area contributed by atoms with Gasteiger partial charge in [-0.25, -0.2) is 0 Å². The zero-order chi connectivity index (χ0) is 26.0. The Bertz CT molecular complexity index is 1870. The lowest BCUT2D eigenvalue weighted by Crippen LogP contribution is -2.32. The van der Waals surface area contributed by atoms with E-state index in [1.165, 1.54) is 22.3 Å². The third-order valence-corrected chi connectivity index (χ3v) is 8.36. The van der Waals surface area contributed by atoms with Crippen LogP contribution in [-0.2, 0) is 5.41 Å². The lowest BCUT2D eigenvalue weighted by atomic mass is 9.66. The third-order valence-electron chi connectivity index (χ3n) is 8.36. The van der Waals surface area contributed by atoms with E-state index in [9.17, 15) is 5.26 Å². The Morgan fingerprint density at radius 3 is 1.95 bits per heavy atom. The molecule has 1 aromatic heterocycles. The number of nitrogens with zero attached hydrogens (tertiary/aromatic N) is 1. The van der Waals surface area contributed by atoms with Gasteiger partial charge in [0, 0.05) is 16.7 Å². The quantitative estimate of drug-likeness (QED) is 0.237. The van der Waals surface area contributed by atoms with Crippen molar-refractivity contribution >= 4 is 5.57 Å². The van der Waals surface area contributed by atoms with Crippen LogP contribution in [0.4, 0.5) is 0 Å². The molecule has 1 spiro atoms. The van der Waals surface area contributed by atoms with E-state index < -0.39 is 5.41 Å². The van der Waals surface area contributed by atoms with Gasteiger partial charge in [0.05, 0.1) is 17.0 Å². The van der Waals surface area contributed by atoms with E-state index in [0.717, 1.165) is 63.7 Å². The van der Waals surface area contributed by atoms with Crippen molar-refractivity contribution < 1.29 is 9.15 Å². The van der Waals surface area contributed by atoms with Gasteiger partial charge in [0.25, 0.3) is 0 Å². The second-order valence-corrected chi connectivity index (χ2v) is 10.3. The molecule has 0 amide bonds. The van der Waals surface area contributed by atoms with Crippen molar-refractivity contribution in [3.05, 3.63) is 149 Å². The average Bonchev–Trinajstić information content (AvgIpc) is 3.60. The van der Waals surface area contributed by atoms with E-state index in [2.05, 4.69) is 91.0 Å². The van der Waals surface area contributed by atoms with Gasteiger partial charge in [0.15, 0.2) is 0 Å². The van der Waals surface area contributed by atoms with Gasteiger partial charge in [-0.15, -0.1) is 0 Å². The summed E-state index contributed by atoms with van der Waals surface area (Å²) >= 11 is 0. The van der Waals surface area contributed by atoms with Crippen LogP contribution in [0.25, 0.3) is 28.0 Å². The number of allylic oxidation sites excluding steroid dienone is 4. The molecule has 184 valence electrons. The van der Waals surface area contributed by atoms with E-state index in [0.29, 0.717) is 0 Å². The number of hydrogen-bond donors (Lipinski definition) is 0. The molecular formula is C36H23NO2. The average molecular weight is 502 g/mol. The lowest BCUT2D eigenvalue weighted by molar-refractivity contribution is 0.435. The maximum atomic E-state index is 9.21. The number of hydrogen-bond acceptors (Lipinski definition) is 3. The van der Waals surface area contributed by atoms with Gasteiger partial charge >= 0.3 is 0 Å². The van der Waals surface area contributed by atoms with Crippen LogP contribution in [-0.4, -0.2) is 0 Å². The summed E-state index contributed by atoms with van der Waals surface area (Å²) in [5, 5.41) is 9.21. The molecule has 4 aromatic carbocycles. The number of rotatable bonds is 2. The molecule has 3 heteroatoms. The number of benzene rings is 4. The molecule has 0 unspecified atom stereocenters. The fraction of sp³-hybridized carbons (Fsp3) is 0.0833. The highest BCUT2D eigenvalue weighted by Crippen LogP contribution is 2.63. The van der Waals surface area contributed by atoms with Crippen LogP contribution < -0.4 is 4.74 Å². The topological polar surface area (TPSA) is 46.2 Å². The maximum Gasteiger partial charge on any atom is 0.143 e. The van der Waals surface area contributed by atoms with Crippen molar-refractivity contribution in [2.24, 2.45) is 0 Å². The van der Waals surface area contributed by atoms with Crippen molar-refractivity contribution in [1.29, 1.82) is 5.26 Å². The van der Waals surface area contributed by atoms with Crippen LogP contribution in [0.3, 0.4) is 0 Å². The molecule has 3 aliphatic rings. The van der Waals surface area contributed by atoms with Crippen LogP contribution in [0.2, 0.25) is 0 Å². The number of ether oxygens (including phenoxy) is 1. The minimum Gasteiger partial charge on any atom is -0.456 e. The first-order valence-corrected chi connectivity index (χ1v) is 13.3. The zero-order valence-electron chi connectivity index (χ0n) is 21.1. The molecule has 0 atom stereocenters. The molecule has 0 saturated carbocycles. The fourth-order valence-electron chi connectivity index (χ4n) is 6.66. The van der Waals surface area contributed by atoms with Gasteiger partial charge in [0.1, 0.15) is 23.0 Å². The highest BCUT2D eigenvalue weighted by atomic mass is 16.5. The molecule has 39 heavy (non-hydrogen) atoms. The molecule has 2 heterocycles. The number of fused-ring (bicyclic) bond motifs is 9. The SMILES string of the molecule is N#CC1=CC=C(c2ccc(-c3cccc4c3Oc3ccccc3C43c4ccccc4-c4ccccc43)o2)CC1. The Morgan fingerprint density at radius 1 is 0.590 bits per heavy atom. The molecule has 0 fully saturated rings. The van der Waals surface area contributed by atoms with Gasteiger partial charge in [-0.1, -0.05) is 84.9 Å². The normalized spacial score (nSPS) is 15.7. The predicted molar refractivity (Wildman–Crippen MR) is 152 cm³/mol. The standard InChI is InChI=1S/C36H23NO2/c37-22-23-16-18-24(19-17-23)32-20-21-33(38-32)27-10-7-14-31-35(27)39-34-15-6-5-13-30(34)36(31)28-11-3-1-8-25(28)26-9-2-4-12-29(26)36/h1-16,18,20-21H,17,19H2. The molecule has 0 N–H and O–H groups in total. The van der Waals surface area contributed by atoms with E-state index in [1.807, 2.05) is 30.4 Å². The van der Waals surface area contributed by atoms with Crippen LogP contribution in [0.1, 0.15) is 40.9 Å². The molecule has 5 aromatic rings. The van der Waals surface area contributed by atoms with Crippen molar-refractivity contribution in [3.8, 4) is 40.0 Å². The summed E-state index contributed by atoms with van der Waals surface area (Å²) in [7, 11) is 0. The van der Waals surface area contributed by atoms with Crippen molar-refractivity contribution in [3.63, 3.8) is 0 Å². The smallest absolute Gasteiger partial charge is 0.143 e. The second kappa shape index (κ2) is 8.21. The summed E-state index contributed by atoms with van der Waals surface area (Å²) in [6.07, 6.45) is 5.42. The largest absolute Gasteiger partial charge is 0.456 e. The minimum absolute atomic E-state index is 0.493. The Kier molecular flexibility index (Phi) is 4.63. The van der Waals surface area contributed by atoms with Gasteiger partial charge in [-0.3, -0.25) is 0 Å². The van der Waals surface area contributed by atoms with E-state index in [4.69, 9.17) is 9.15 Å². The van der Waals surface area contributed by atoms with Crippen molar-refractivity contribution in [1.82, 2.24) is 0 Å². The minimum atomic E-state index is -0.493. The second-order valence-electron chi connectivity index (χ2n) is 10.3. The van der Waals surface area contributed by atoms with Gasteiger partial charge in [-0.2, -0.15) is 5.26 Å². The number of furan rings is 1. The van der Waals surface area contributed by atoms with Gasteiger partial charge in [-0.05, 0) is 71.0 Å². The molecule has 1 aliphatic heterocycles. The maximum absolute atomic E-state index is 9.21. The van der Waals surface area contributed by atoms with E-state index in [-0.39, 0.29) is 0 Å². The van der Waals surface area contributed by atoms with Crippen LogP contribution in [0.5, 0.6) is 11.5 Å². The van der Waals surface area contributed by atoms with Gasteiger partial charge < -0.3 is 9.15 Å². The predicted octanol–water partition coefficient (Wildman–Crippen LogP) is 9.04. The first-order valence-electron chi connectivity index (χ1n) is 13.3. The molecule has 0 radical (unpaired) electrons. The van der Waals surface area contributed by atoms with Crippen molar-refractivity contribution in [2.75, 3.05) is 0 Å². The van der Waals surface area contributed by atoms with Crippen molar-refractivity contribution in [2.45, 2.75) is 18.3 Å². The Morgan fingerprint density at radius 2 is 1.23 bits per heavy atom. The van der Waals surface area contributed by atoms with E-state index in [1.54, 1.807) is 0 Å². The van der Waals surface area contributed by atoms with E-state index >= 15 is 0 Å². The molecule has 3 nitrogen and oxygen atoms in total. The molecular weight excluding hydrogens is 478 g/mol. The summed E-state index contributed by atoms with van der Waals surface area (Å²) < 4.78 is 13.2. The van der Waals surface area contributed by atoms with Gasteiger partial charge in [0.2, 0.25) is 0 Å². The zero-order valence-corrected chi connectivity index (χ0v) is 21.1. The van der Waals surface area contributed by atoms with Crippen LogP contribution in [0, 0.1) is 11.3 Å². The number of nitriles is 1. The monoisotopic (exact) mass is 501 g/mol.